The number of imidazole rings is 1. The summed E-state index contributed by atoms with van der Waals surface area (Å²) in [6.45, 7) is 4.04. The second kappa shape index (κ2) is 4.32. The fourth-order valence-corrected chi connectivity index (χ4v) is 2.94. The number of hydrogen-bond donors (Lipinski definition) is 1. The first kappa shape index (κ1) is 12.4. The van der Waals surface area contributed by atoms with Gasteiger partial charge in [0.05, 0.1) is 5.52 Å². The zero-order chi connectivity index (χ0) is 14.6. The average molecular weight is 278 g/mol. The largest absolute Gasteiger partial charge is 0.383 e. The molecule has 4 nitrogen and oxygen atoms in total. The number of anilines is 1. The highest BCUT2D eigenvalue weighted by Gasteiger charge is 2.28. The van der Waals surface area contributed by atoms with E-state index >= 15 is 0 Å². The van der Waals surface area contributed by atoms with E-state index < -0.39 is 0 Å². The number of rotatable bonds is 2. The lowest BCUT2D eigenvalue weighted by atomic mass is 10.1. The molecule has 1 saturated carbocycles. The van der Waals surface area contributed by atoms with Gasteiger partial charge in [0.1, 0.15) is 17.3 Å². The van der Waals surface area contributed by atoms with Crippen molar-refractivity contribution in [3.63, 3.8) is 0 Å². The van der Waals surface area contributed by atoms with E-state index in [0.717, 1.165) is 39.5 Å². The van der Waals surface area contributed by atoms with E-state index in [1.165, 1.54) is 12.8 Å². The highest BCUT2D eigenvalue weighted by Crippen LogP contribution is 2.40. The highest BCUT2D eigenvalue weighted by molar-refractivity contribution is 5.85. The second-order valence-corrected chi connectivity index (χ2v) is 5.85. The van der Waals surface area contributed by atoms with Crippen molar-refractivity contribution in [3.8, 4) is 11.3 Å². The Morgan fingerprint density at radius 3 is 2.67 bits per heavy atom. The van der Waals surface area contributed by atoms with E-state index in [1.807, 2.05) is 26.0 Å². The molecule has 0 amide bonds. The van der Waals surface area contributed by atoms with E-state index in [2.05, 4.69) is 32.7 Å². The smallest absolute Gasteiger partial charge is 0.131 e. The molecule has 1 aliphatic carbocycles. The van der Waals surface area contributed by atoms with Crippen molar-refractivity contribution in [3.05, 3.63) is 41.9 Å². The first-order chi connectivity index (χ1) is 10.1. The fraction of sp³-hybridized carbons (Fsp3) is 0.294. The quantitative estimate of drug-likeness (QED) is 0.778. The van der Waals surface area contributed by atoms with Gasteiger partial charge in [-0.2, -0.15) is 0 Å². The molecule has 3 aromatic rings. The molecule has 4 rings (SSSR count). The molecule has 0 atom stereocenters. The number of aryl methyl sites for hydroxylation is 2. The first-order valence-corrected chi connectivity index (χ1v) is 7.35. The number of nitrogens with two attached hydrogens (primary N) is 1. The van der Waals surface area contributed by atoms with Crippen molar-refractivity contribution in [2.45, 2.75) is 32.7 Å². The van der Waals surface area contributed by atoms with Gasteiger partial charge in [0, 0.05) is 22.7 Å². The fourth-order valence-electron chi connectivity index (χ4n) is 2.94. The maximum Gasteiger partial charge on any atom is 0.131 e. The molecule has 0 spiro atoms. The number of nitrogen functional groups attached to an aromatic ring is 1. The van der Waals surface area contributed by atoms with Crippen LogP contribution in [0.25, 0.3) is 22.2 Å². The van der Waals surface area contributed by atoms with E-state index in [9.17, 15) is 0 Å². The molecule has 106 valence electrons. The maximum atomic E-state index is 6.33. The van der Waals surface area contributed by atoms with E-state index in [4.69, 9.17) is 5.73 Å². The molecule has 2 aromatic heterocycles. The molecule has 0 bridgehead atoms. The number of fused-ring (bicyclic) bond motifs is 1. The SMILES string of the molecule is Cc1ccc2cc(-c3nc(C)n(C4CC4)c3N)ccc2n1. The van der Waals surface area contributed by atoms with Crippen LogP contribution < -0.4 is 5.73 Å². The van der Waals surface area contributed by atoms with Crippen molar-refractivity contribution >= 4 is 16.7 Å². The molecule has 0 aliphatic heterocycles. The highest BCUT2D eigenvalue weighted by atomic mass is 15.2. The molecule has 2 heterocycles. The summed E-state index contributed by atoms with van der Waals surface area (Å²) >= 11 is 0. The van der Waals surface area contributed by atoms with E-state index in [-0.39, 0.29) is 0 Å². The zero-order valence-electron chi connectivity index (χ0n) is 12.3. The molecule has 1 fully saturated rings. The monoisotopic (exact) mass is 278 g/mol. The van der Waals surface area contributed by atoms with Crippen LogP contribution >= 0.6 is 0 Å². The Kier molecular flexibility index (Phi) is 2.55. The van der Waals surface area contributed by atoms with Crippen LogP contribution in [-0.4, -0.2) is 14.5 Å². The molecule has 2 N–H and O–H groups in total. The van der Waals surface area contributed by atoms with Crippen molar-refractivity contribution in [2.24, 2.45) is 0 Å². The standard InChI is InChI=1S/C17H18N4/c1-10-3-4-12-9-13(5-8-15(12)19-10)16-17(18)21(11(2)20-16)14-6-7-14/h3-5,8-9,14H,6-7,18H2,1-2H3. The molecular formula is C17H18N4. The lowest BCUT2D eigenvalue weighted by Gasteiger charge is -2.06. The van der Waals surface area contributed by atoms with E-state index in [1.54, 1.807) is 0 Å². The minimum Gasteiger partial charge on any atom is -0.383 e. The minimum atomic E-state index is 0.552. The summed E-state index contributed by atoms with van der Waals surface area (Å²) in [5.74, 6) is 1.79. The lowest BCUT2D eigenvalue weighted by molar-refractivity contribution is 0.720. The molecule has 0 saturated heterocycles. The Morgan fingerprint density at radius 1 is 1.10 bits per heavy atom. The molecule has 21 heavy (non-hydrogen) atoms. The normalized spacial score (nSPS) is 14.8. The lowest BCUT2D eigenvalue weighted by Crippen LogP contribution is -2.02. The Morgan fingerprint density at radius 2 is 1.90 bits per heavy atom. The number of pyridine rings is 1. The van der Waals surface area contributed by atoms with Crippen LogP contribution in [0, 0.1) is 13.8 Å². The predicted octanol–water partition coefficient (Wildman–Crippen LogP) is 3.63. The Balaban J connectivity index is 1.86. The summed E-state index contributed by atoms with van der Waals surface area (Å²) in [7, 11) is 0. The Labute approximate surface area is 123 Å². The van der Waals surface area contributed by atoms with Gasteiger partial charge in [-0.05, 0) is 44.9 Å². The molecular weight excluding hydrogens is 260 g/mol. The summed E-state index contributed by atoms with van der Waals surface area (Å²) in [6.07, 6.45) is 2.42. The summed E-state index contributed by atoms with van der Waals surface area (Å²) < 4.78 is 2.17. The zero-order valence-corrected chi connectivity index (χ0v) is 12.3. The third kappa shape index (κ3) is 1.98. The molecule has 0 unspecified atom stereocenters. The van der Waals surface area contributed by atoms with Crippen LogP contribution in [0.3, 0.4) is 0 Å². The van der Waals surface area contributed by atoms with Crippen LogP contribution in [0.2, 0.25) is 0 Å². The van der Waals surface area contributed by atoms with Crippen LogP contribution in [0.5, 0.6) is 0 Å². The van der Waals surface area contributed by atoms with Gasteiger partial charge in [0.25, 0.3) is 0 Å². The van der Waals surface area contributed by atoms with Crippen molar-refractivity contribution in [1.82, 2.24) is 14.5 Å². The van der Waals surface area contributed by atoms with Crippen molar-refractivity contribution in [1.29, 1.82) is 0 Å². The van der Waals surface area contributed by atoms with Crippen molar-refractivity contribution < 1.29 is 0 Å². The first-order valence-electron chi connectivity index (χ1n) is 7.35. The molecule has 0 radical (unpaired) electrons. The molecule has 1 aromatic carbocycles. The average Bonchev–Trinajstić information content (AvgIpc) is 3.24. The van der Waals surface area contributed by atoms with Crippen molar-refractivity contribution in [2.75, 3.05) is 5.73 Å². The third-order valence-corrected chi connectivity index (χ3v) is 4.14. The minimum absolute atomic E-state index is 0.552. The predicted molar refractivity (Wildman–Crippen MR) is 85.1 cm³/mol. The van der Waals surface area contributed by atoms with Gasteiger partial charge in [-0.15, -0.1) is 0 Å². The van der Waals surface area contributed by atoms with E-state index in [0.29, 0.717) is 6.04 Å². The van der Waals surface area contributed by atoms with Gasteiger partial charge >= 0.3 is 0 Å². The second-order valence-electron chi connectivity index (χ2n) is 5.85. The summed E-state index contributed by atoms with van der Waals surface area (Å²) in [5, 5.41) is 1.12. The van der Waals surface area contributed by atoms with Crippen LogP contribution in [0.1, 0.15) is 30.4 Å². The third-order valence-electron chi connectivity index (χ3n) is 4.14. The number of aromatic nitrogens is 3. The van der Waals surface area contributed by atoms with Gasteiger partial charge in [0.2, 0.25) is 0 Å². The number of benzene rings is 1. The van der Waals surface area contributed by atoms with Crippen LogP contribution in [-0.2, 0) is 0 Å². The van der Waals surface area contributed by atoms with Gasteiger partial charge in [0.15, 0.2) is 0 Å². The number of nitrogens with zero attached hydrogens (tertiary/aromatic N) is 3. The maximum absolute atomic E-state index is 6.33. The van der Waals surface area contributed by atoms with Crippen LogP contribution in [0.15, 0.2) is 30.3 Å². The Hall–Kier alpha value is -2.36. The molecule has 1 aliphatic rings. The Bertz CT molecular complexity index is 843. The van der Waals surface area contributed by atoms with Gasteiger partial charge < -0.3 is 10.3 Å². The van der Waals surface area contributed by atoms with Gasteiger partial charge in [-0.3, -0.25) is 4.98 Å². The topological polar surface area (TPSA) is 56.7 Å². The summed E-state index contributed by atoms with van der Waals surface area (Å²) in [6, 6.07) is 10.9. The number of hydrogen-bond acceptors (Lipinski definition) is 3. The van der Waals surface area contributed by atoms with Gasteiger partial charge in [-0.25, -0.2) is 4.98 Å². The summed E-state index contributed by atoms with van der Waals surface area (Å²) in [4.78, 5) is 9.22. The molecule has 4 heteroatoms. The summed E-state index contributed by atoms with van der Waals surface area (Å²) in [5.41, 5.74) is 10.3. The van der Waals surface area contributed by atoms with Crippen LogP contribution in [0.4, 0.5) is 5.82 Å². The van der Waals surface area contributed by atoms with Gasteiger partial charge in [-0.1, -0.05) is 12.1 Å².